The second-order valence-electron chi connectivity index (χ2n) is 6.95. The van der Waals surface area contributed by atoms with Gasteiger partial charge < -0.3 is 9.64 Å². The molecule has 1 aromatic carbocycles. The molecule has 0 radical (unpaired) electrons. The number of fused-ring (bicyclic) bond motifs is 1. The first kappa shape index (κ1) is 18.5. The highest BCUT2D eigenvalue weighted by Crippen LogP contribution is 2.29. The SMILES string of the molecule is CN(CCC1CCOCC1)C(=O)c1csc2nc(-c3ccccc3Cl)cn12. The van der Waals surface area contributed by atoms with Crippen molar-refractivity contribution in [1.82, 2.24) is 14.3 Å². The molecule has 1 fully saturated rings. The average Bonchev–Trinajstić information content (AvgIpc) is 3.27. The predicted molar refractivity (Wildman–Crippen MR) is 109 cm³/mol. The molecule has 1 saturated heterocycles. The first-order valence-electron chi connectivity index (χ1n) is 9.18. The fraction of sp³-hybridized carbons (Fsp3) is 0.400. The Morgan fingerprint density at radius 3 is 2.93 bits per heavy atom. The number of carbonyl (C=O) groups excluding carboxylic acids is 1. The lowest BCUT2D eigenvalue weighted by Crippen LogP contribution is -2.30. The van der Waals surface area contributed by atoms with Crippen LogP contribution < -0.4 is 0 Å². The van der Waals surface area contributed by atoms with Gasteiger partial charge in [-0.25, -0.2) is 4.98 Å². The number of hydrogen-bond donors (Lipinski definition) is 0. The minimum atomic E-state index is 0.0245. The molecule has 0 N–H and O–H groups in total. The lowest BCUT2D eigenvalue weighted by molar-refractivity contribution is 0.0582. The number of thiazole rings is 1. The van der Waals surface area contributed by atoms with Gasteiger partial charge in [0.15, 0.2) is 4.96 Å². The molecule has 0 spiro atoms. The smallest absolute Gasteiger partial charge is 0.271 e. The van der Waals surface area contributed by atoms with Crippen molar-refractivity contribution in [2.24, 2.45) is 5.92 Å². The van der Waals surface area contributed by atoms with Gasteiger partial charge in [0.1, 0.15) is 5.69 Å². The highest BCUT2D eigenvalue weighted by molar-refractivity contribution is 7.15. The molecule has 3 aromatic rings. The summed E-state index contributed by atoms with van der Waals surface area (Å²) >= 11 is 7.76. The maximum absolute atomic E-state index is 12.9. The third-order valence-electron chi connectivity index (χ3n) is 5.14. The highest BCUT2D eigenvalue weighted by Gasteiger charge is 2.21. The number of aromatic nitrogens is 2. The molecule has 0 unspecified atom stereocenters. The van der Waals surface area contributed by atoms with Crippen LogP contribution in [0.5, 0.6) is 0 Å². The summed E-state index contributed by atoms with van der Waals surface area (Å²) in [7, 11) is 1.87. The fourth-order valence-corrected chi connectivity index (χ4v) is 4.52. The van der Waals surface area contributed by atoms with Gasteiger partial charge in [0.2, 0.25) is 0 Å². The second-order valence-corrected chi connectivity index (χ2v) is 8.19. The molecule has 0 bridgehead atoms. The van der Waals surface area contributed by atoms with Gasteiger partial charge >= 0.3 is 0 Å². The average molecular weight is 404 g/mol. The zero-order valence-electron chi connectivity index (χ0n) is 15.2. The van der Waals surface area contributed by atoms with E-state index in [1.807, 2.05) is 52.2 Å². The van der Waals surface area contributed by atoms with E-state index in [9.17, 15) is 4.79 Å². The Morgan fingerprint density at radius 1 is 1.37 bits per heavy atom. The van der Waals surface area contributed by atoms with Crippen LogP contribution in [0.25, 0.3) is 16.2 Å². The van der Waals surface area contributed by atoms with Gasteiger partial charge in [0.05, 0.1) is 10.7 Å². The van der Waals surface area contributed by atoms with E-state index in [1.165, 1.54) is 11.3 Å². The van der Waals surface area contributed by atoms with E-state index in [2.05, 4.69) is 4.98 Å². The monoisotopic (exact) mass is 403 g/mol. The number of amides is 1. The Kier molecular flexibility index (Phi) is 5.48. The molecule has 5 nitrogen and oxygen atoms in total. The van der Waals surface area contributed by atoms with Gasteiger partial charge in [0, 0.05) is 43.9 Å². The zero-order chi connectivity index (χ0) is 18.8. The van der Waals surface area contributed by atoms with Crippen LogP contribution in [0.1, 0.15) is 29.8 Å². The Labute approximate surface area is 167 Å². The van der Waals surface area contributed by atoms with Crippen molar-refractivity contribution in [3.05, 3.63) is 46.6 Å². The largest absolute Gasteiger partial charge is 0.381 e. The maximum Gasteiger partial charge on any atom is 0.271 e. The molecule has 0 saturated carbocycles. The minimum Gasteiger partial charge on any atom is -0.381 e. The van der Waals surface area contributed by atoms with E-state index in [1.54, 1.807) is 0 Å². The Bertz CT molecular complexity index is 946. The van der Waals surface area contributed by atoms with E-state index in [-0.39, 0.29) is 5.91 Å². The van der Waals surface area contributed by atoms with E-state index in [0.717, 1.165) is 55.2 Å². The molecule has 1 aliphatic rings. The van der Waals surface area contributed by atoms with Crippen LogP contribution in [-0.4, -0.2) is 47.0 Å². The molecule has 4 rings (SSSR count). The van der Waals surface area contributed by atoms with Crippen molar-refractivity contribution in [2.45, 2.75) is 19.3 Å². The van der Waals surface area contributed by atoms with Gasteiger partial charge in [-0.05, 0) is 31.2 Å². The lowest BCUT2D eigenvalue weighted by Gasteiger charge is -2.24. The fourth-order valence-electron chi connectivity index (χ4n) is 3.44. The van der Waals surface area contributed by atoms with E-state index >= 15 is 0 Å². The summed E-state index contributed by atoms with van der Waals surface area (Å²) < 4.78 is 7.28. The zero-order valence-corrected chi connectivity index (χ0v) is 16.8. The van der Waals surface area contributed by atoms with Crippen molar-refractivity contribution in [3.8, 4) is 11.3 Å². The van der Waals surface area contributed by atoms with Crippen molar-refractivity contribution in [3.63, 3.8) is 0 Å². The molecule has 0 aliphatic carbocycles. The Hall–Kier alpha value is -1.89. The summed E-state index contributed by atoms with van der Waals surface area (Å²) in [6, 6.07) is 7.62. The summed E-state index contributed by atoms with van der Waals surface area (Å²) in [5.41, 5.74) is 2.31. The molecule has 7 heteroatoms. The van der Waals surface area contributed by atoms with Crippen LogP contribution in [0.2, 0.25) is 5.02 Å². The van der Waals surface area contributed by atoms with Crippen LogP contribution in [0, 0.1) is 5.92 Å². The number of carbonyl (C=O) groups is 1. The van der Waals surface area contributed by atoms with Crippen molar-refractivity contribution >= 4 is 33.8 Å². The summed E-state index contributed by atoms with van der Waals surface area (Å²) in [6.45, 7) is 2.44. The number of rotatable bonds is 5. The summed E-state index contributed by atoms with van der Waals surface area (Å²) in [6.07, 6.45) is 5.10. The van der Waals surface area contributed by atoms with Crippen molar-refractivity contribution < 1.29 is 9.53 Å². The predicted octanol–water partition coefficient (Wildman–Crippen LogP) is 4.60. The van der Waals surface area contributed by atoms with Crippen LogP contribution in [-0.2, 0) is 4.74 Å². The van der Waals surface area contributed by atoms with Crippen molar-refractivity contribution in [1.29, 1.82) is 0 Å². The van der Waals surface area contributed by atoms with Crippen LogP contribution in [0.4, 0.5) is 0 Å². The summed E-state index contributed by atoms with van der Waals surface area (Å²) in [5.74, 6) is 0.674. The molecule has 1 amide bonds. The van der Waals surface area contributed by atoms with Gasteiger partial charge in [-0.2, -0.15) is 0 Å². The number of hydrogen-bond acceptors (Lipinski definition) is 4. The molecule has 3 heterocycles. The van der Waals surface area contributed by atoms with Crippen molar-refractivity contribution in [2.75, 3.05) is 26.8 Å². The molecular weight excluding hydrogens is 382 g/mol. The highest BCUT2D eigenvalue weighted by atomic mass is 35.5. The number of halogens is 1. The maximum atomic E-state index is 12.9. The topological polar surface area (TPSA) is 46.8 Å². The summed E-state index contributed by atoms with van der Waals surface area (Å²) in [4.78, 5) is 20.2. The van der Waals surface area contributed by atoms with Gasteiger partial charge in [-0.15, -0.1) is 11.3 Å². The van der Waals surface area contributed by atoms with Crippen LogP contribution >= 0.6 is 22.9 Å². The minimum absolute atomic E-state index is 0.0245. The number of nitrogens with zero attached hydrogens (tertiary/aromatic N) is 3. The van der Waals surface area contributed by atoms with E-state index < -0.39 is 0 Å². The van der Waals surface area contributed by atoms with Crippen LogP contribution in [0.15, 0.2) is 35.8 Å². The Morgan fingerprint density at radius 2 is 2.15 bits per heavy atom. The van der Waals surface area contributed by atoms with E-state index in [0.29, 0.717) is 16.6 Å². The third kappa shape index (κ3) is 3.88. The lowest BCUT2D eigenvalue weighted by atomic mass is 9.96. The first-order chi connectivity index (χ1) is 13.1. The molecular formula is C20H22ClN3O2S. The molecule has 2 aromatic heterocycles. The number of imidazole rings is 1. The molecule has 142 valence electrons. The molecule has 1 aliphatic heterocycles. The van der Waals surface area contributed by atoms with Gasteiger partial charge in [-0.3, -0.25) is 9.20 Å². The molecule has 0 atom stereocenters. The second kappa shape index (κ2) is 8.00. The van der Waals surface area contributed by atoms with Gasteiger partial charge in [-0.1, -0.05) is 29.8 Å². The quantitative estimate of drug-likeness (QED) is 0.625. The number of benzene rings is 1. The van der Waals surface area contributed by atoms with Crippen LogP contribution in [0.3, 0.4) is 0 Å². The first-order valence-corrected chi connectivity index (χ1v) is 10.4. The van der Waals surface area contributed by atoms with Gasteiger partial charge in [0.25, 0.3) is 5.91 Å². The molecule has 27 heavy (non-hydrogen) atoms. The third-order valence-corrected chi connectivity index (χ3v) is 6.31. The normalized spacial score (nSPS) is 15.3. The Balaban J connectivity index is 1.51. The number of ether oxygens (including phenoxy) is 1. The summed E-state index contributed by atoms with van der Waals surface area (Å²) in [5, 5.41) is 2.54. The van der Waals surface area contributed by atoms with E-state index in [4.69, 9.17) is 16.3 Å². The standard InChI is InChI=1S/C20H22ClN3O2S/c1-23(9-6-14-7-10-26-11-8-14)19(25)18-13-27-20-22-17(12-24(18)20)15-4-2-3-5-16(15)21/h2-5,12-14H,6-11H2,1H3.